The Hall–Kier alpha value is -1.07. The molecule has 2 atom stereocenters. The van der Waals surface area contributed by atoms with E-state index >= 15 is 0 Å². The number of aliphatic hydroxyl groups is 1. The predicted octanol–water partition coefficient (Wildman–Crippen LogP) is 1.26. The number of rotatable bonds is 3. The van der Waals surface area contributed by atoms with Crippen LogP contribution < -0.4 is 0 Å². The van der Waals surface area contributed by atoms with E-state index in [1.807, 2.05) is 0 Å². The van der Waals surface area contributed by atoms with Crippen LogP contribution in [0, 0.1) is 0 Å². The quantitative estimate of drug-likeness (QED) is 0.867. The Kier molecular flexibility index (Phi) is 3.38. The van der Waals surface area contributed by atoms with Crippen molar-refractivity contribution in [3.8, 4) is 5.75 Å². The van der Waals surface area contributed by atoms with Gasteiger partial charge in [-0.1, -0.05) is 12.1 Å². The van der Waals surface area contributed by atoms with E-state index in [2.05, 4.69) is 0 Å². The van der Waals surface area contributed by atoms with Crippen LogP contribution in [0.25, 0.3) is 0 Å². The molecule has 0 spiro atoms. The highest BCUT2D eigenvalue weighted by Gasteiger charge is 2.46. The first kappa shape index (κ1) is 13.4. The molecule has 4 nitrogen and oxygen atoms in total. The van der Waals surface area contributed by atoms with Crippen molar-refractivity contribution in [3.05, 3.63) is 29.8 Å². The van der Waals surface area contributed by atoms with Crippen LogP contribution in [0.15, 0.2) is 24.3 Å². The van der Waals surface area contributed by atoms with Gasteiger partial charge in [0.05, 0.1) is 10.9 Å². The van der Waals surface area contributed by atoms with Crippen LogP contribution in [0.1, 0.15) is 24.8 Å². The van der Waals surface area contributed by atoms with Crippen molar-refractivity contribution < 1.29 is 18.6 Å². The molecular formula is C13H18O4S. The van der Waals surface area contributed by atoms with Gasteiger partial charge < -0.3 is 10.2 Å². The van der Waals surface area contributed by atoms with Gasteiger partial charge in [-0.2, -0.15) is 0 Å². The highest BCUT2D eigenvalue weighted by Crippen LogP contribution is 2.37. The van der Waals surface area contributed by atoms with Gasteiger partial charge in [0.25, 0.3) is 0 Å². The van der Waals surface area contributed by atoms with Crippen LogP contribution in [0.3, 0.4) is 0 Å². The Morgan fingerprint density at radius 1 is 1.33 bits per heavy atom. The maximum atomic E-state index is 11.7. The first-order valence-corrected chi connectivity index (χ1v) is 7.96. The third-order valence-corrected chi connectivity index (χ3v) is 5.35. The number of aromatic hydroxyl groups is 1. The summed E-state index contributed by atoms with van der Waals surface area (Å²) in [5.41, 5.74) is -0.337. The summed E-state index contributed by atoms with van der Waals surface area (Å²) in [6, 6.07) is 6.52. The van der Waals surface area contributed by atoms with Gasteiger partial charge in [-0.3, -0.25) is 0 Å². The molecule has 1 fully saturated rings. The summed E-state index contributed by atoms with van der Waals surface area (Å²) in [5, 5.41) is 19.1. The zero-order valence-corrected chi connectivity index (χ0v) is 11.2. The van der Waals surface area contributed by atoms with E-state index in [1.165, 1.54) is 6.26 Å². The fraction of sp³-hybridized carbons (Fsp3) is 0.538. The van der Waals surface area contributed by atoms with Crippen LogP contribution in [-0.2, 0) is 16.3 Å². The second-order valence-corrected chi connectivity index (χ2v) is 7.39. The van der Waals surface area contributed by atoms with Gasteiger partial charge in [0, 0.05) is 12.7 Å². The molecular weight excluding hydrogens is 252 g/mol. The average Bonchev–Trinajstić information content (AvgIpc) is 2.63. The number of hydrogen-bond acceptors (Lipinski definition) is 4. The fourth-order valence-electron chi connectivity index (χ4n) is 2.81. The first-order valence-electron chi connectivity index (χ1n) is 6.00. The molecule has 0 heterocycles. The summed E-state index contributed by atoms with van der Waals surface area (Å²) < 4.78 is 23.4. The Bertz CT molecular complexity index is 520. The SMILES string of the molecule is CS(=O)(=O)C1CCCC1(O)Cc1ccc(O)cc1. The number of hydrogen-bond donors (Lipinski definition) is 2. The average molecular weight is 270 g/mol. The lowest BCUT2D eigenvalue weighted by Crippen LogP contribution is -2.44. The second-order valence-electron chi connectivity index (χ2n) is 5.16. The lowest BCUT2D eigenvalue weighted by Gasteiger charge is -2.29. The second kappa shape index (κ2) is 4.55. The van der Waals surface area contributed by atoms with Gasteiger partial charge in [0.15, 0.2) is 9.84 Å². The fourth-order valence-corrected chi connectivity index (χ4v) is 4.40. The molecule has 2 unspecified atom stereocenters. The molecule has 0 amide bonds. The van der Waals surface area contributed by atoms with Gasteiger partial charge in [-0.25, -0.2) is 8.42 Å². The molecule has 18 heavy (non-hydrogen) atoms. The molecule has 0 aromatic heterocycles. The van der Waals surface area contributed by atoms with E-state index < -0.39 is 20.7 Å². The molecule has 100 valence electrons. The Balaban J connectivity index is 2.23. The van der Waals surface area contributed by atoms with Gasteiger partial charge in [-0.05, 0) is 37.0 Å². The lowest BCUT2D eigenvalue weighted by atomic mass is 9.92. The van der Waals surface area contributed by atoms with Crippen LogP contribution >= 0.6 is 0 Å². The molecule has 1 aliphatic carbocycles. The van der Waals surface area contributed by atoms with Crippen LogP contribution in [0.4, 0.5) is 0 Å². The summed E-state index contributed by atoms with van der Waals surface area (Å²) in [7, 11) is -3.24. The standard InChI is InChI=1S/C13H18O4S/c1-18(16,17)12-3-2-8-13(12,15)9-10-4-6-11(14)7-5-10/h4-7,12,14-15H,2-3,8-9H2,1H3. The van der Waals surface area contributed by atoms with E-state index in [1.54, 1.807) is 24.3 Å². The number of benzene rings is 1. The highest BCUT2D eigenvalue weighted by molar-refractivity contribution is 7.91. The molecule has 1 aliphatic rings. The normalized spacial score (nSPS) is 28.4. The smallest absolute Gasteiger partial charge is 0.153 e. The number of phenols is 1. The molecule has 1 aromatic rings. The minimum absolute atomic E-state index is 0.164. The molecule has 1 aromatic carbocycles. The van der Waals surface area contributed by atoms with Crippen molar-refractivity contribution in [1.82, 2.24) is 0 Å². The highest BCUT2D eigenvalue weighted by atomic mass is 32.2. The van der Waals surface area contributed by atoms with E-state index in [0.717, 1.165) is 12.0 Å². The minimum atomic E-state index is -3.24. The topological polar surface area (TPSA) is 74.6 Å². The largest absolute Gasteiger partial charge is 0.508 e. The Morgan fingerprint density at radius 3 is 2.50 bits per heavy atom. The van der Waals surface area contributed by atoms with E-state index in [4.69, 9.17) is 0 Å². The minimum Gasteiger partial charge on any atom is -0.508 e. The summed E-state index contributed by atoms with van der Waals surface area (Å²) in [6.07, 6.45) is 3.25. The molecule has 1 saturated carbocycles. The molecule has 0 bridgehead atoms. The molecule has 0 aliphatic heterocycles. The first-order chi connectivity index (χ1) is 8.31. The van der Waals surface area contributed by atoms with Gasteiger partial charge in [0.2, 0.25) is 0 Å². The van der Waals surface area contributed by atoms with E-state index in [0.29, 0.717) is 19.3 Å². The van der Waals surface area contributed by atoms with Gasteiger partial charge in [0.1, 0.15) is 5.75 Å². The van der Waals surface area contributed by atoms with Crippen molar-refractivity contribution in [2.24, 2.45) is 0 Å². The lowest BCUT2D eigenvalue weighted by molar-refractivity contribution is 0.0512. The van der Waals surface area contributed by atoms with Gasteiger partial charge >= 0.3 is 0 Å². The Labute approximate surface area is 107 Å². The van der Waals surface area contributed by atoms with E-state index in [9.17, 15) is 18.6 Å². The summed E-state index contributed by atoms with van der Waals surface area (Å²) in [5.74, 6) is 0.164. The van der Waals surface area contributed by atoms with E-state index in [-0.39, 0.29) is 5.75 Å². The predicted molar refractivity (Wildman–Crippen MR) is 69.2 cm³/mol. The van der Waals surface area contributed by atoms with Crippen LogP contribution in [-0.4, -0.2) is 35.7 Å². The van der Waals surface area contributed by atoms with Crippen LogP contribution in [0.2, 0.25) is 0 Å². The molecule has 2 rings (SSSR count). The third-order valence-electron chi connectivity index (χ3n) is 3.64. The molecule has 5 heteroatoms. The Morgan fingerprint density at radius 2 is 1.94 bits per heavy atom. The van der Waals surface area contributed by atoms with Crippen molar-refractivity contribution >= 4 is 9.84 Å². The summed E-state index contributed by atoms with van der Waals surface area (Å²) >= 11 is 0. The number of sulfone groups is 1. The monoisotopic (exact) mass is 270 g/mol. The maximum absolute atomic E-state index is 11.7. The summed E-state index contributed by atoms with van der Waals surface area (Å²) in [6.45, 7) is 0. The zero-order valence-electron chi connectivity index (χ0n) is 10.3. The maximum Gasteiger partial charge on any atom is 0.153 e. The summed E-state index contributed by atoms with van der Waals surface area (Å²) in [4.78, 5) is 0. The number of phenolic OH excluding ortho intramolecular Hbond substituents is 1. The van der Waals surface area contributed by atoms with Crippen molar-refractivity contribution in [1.29, 1.82) is 0 Å². The molecule has 0 saturated heterocycles. The van der Waals surface area contributed by atoms with Crippen molar-refractivity contribution in [3.63, 3.8) is 0 Å². The third kappa shape index (κ3) is 2.67. The molecule has 0 radical (unpaired) electrons. The zero-order chi connectivity index (χ0) is 13.4. The van der Waals surface area contributed by atoms with Gasteiger partial charge in [-0.15, -0.1) is 0 Å². The van der Waals surface area contributed by atoms with Crippen LogP contribution in [0.5, 0.6) is 5.75 Å². The van der Waals surface area contributed by atoms with Crippen molar-refractivity contribution in [2.75, 3.05) is 6.26 Å². The molecule has 2 N–H and O–H groups in total. The van der Waals surface area contributed by atoms with Crippen molar-refractivity contribution in [2.45, 2.75) is 36.5 Å².